The minimum Gasteiger partial charge on any atom is -0.506 e. The number of para-hydroxylation sites is 1. The number of rotatable bonds is 4. The summed E-state index contributed by atoms with van der Waals surface area (Å²) in [6.45, 7) is 1.38. The maximum Gasteiger partial charge on any atom is 0.296 e. The van der Waals surface area contributed by atoms with Crippen molar-refractivity contribution < 1.29 is 14.8 Å². The summed E-state index contributed by atoms with van der Waals surface area (Å²) in [4.78, 5) is 21.6. The number of nitrogens with zero attached hydrogens (tertiary/aromatic N) is 3. The third-order valence-electron chi connectivity index (χ3n) is 2.73. The molecule has 0 aliphatic carbocycles. The summed E-state index contributed by atoms with van der Waals surface area (Å²) < 4.78 is 0. The van der Waals surface area contributed by atoms with E-state index in [1.165, 1.54) is 43.3 Å². The van der Waals surface area contributed by atoms with E-state index < -0.39 is 4.92 Å². The van der Waals surface area contributed by atoms with Gasteiger partial charge in [-0.15, -0.1) is 10.2 Å². The number of carbonyl (C=O) groups is 1. The fraction of sp³-hybridized carbons (Fsp3) is 0.0714. The van der Waals surface area contributed by atoms with Crippen LogP contribution in [0.5, 0.6) is 5.75 Å². The van der Waals surface area contributed by atoms with Crippen LogP contribution in [0.1, 0.15) is 17.3 Å². The summed E-state index contributed by atoms with van der Waals surface area (Å²) in [5.41, 5.74) is 0.309. The lowest BCUT2D eigenvalue weighted by Gasteiger charge is -2.00. The number of hydrogen-bond donors (Lipinski definition) is 1. The van der Waals surface area contributed by atoms with Crippen LogP contribution >= 0.6 is 0 Å². The van der Waals surface area contributed by atoms with Gasteiger partial charge in [0.05, 0.1) is 4.92 Å². The quantitative estimate of drug-likeness (QED) is 0.397. The Balaban J connectivity index is 2.40. The molecule has 0 bridgehead atoms. The maximum atomic E-state index is 11.3. The van der Waals surface area contributed by atoms with Gasteiger partial charge in [0.2, 0.25) is 0 Å². The van der Waals surface area contributed by atoms with Gasteiger partial charge in [-0.2, -0.15) is 0 Å². The smallest absolute Gasteiger partial charge is 0.296 e. The molecule has 0 atom stereocenters. The van der Waals surface area contributed by atoms with Crippen molar-refractivity contribution in [1.29, 1.82) is 0 Å². The summed E-state index contributed by atoms with van der Waals surface area (Å²) in [6, 6.07) is 10.0. The monoisotopic (exact) mass is 285 g/mol. The zero-order valence-electron chi connectivity index (χ0n) is 11.1. The zero-order valence-corrected chi connectivity index (χ0v) is 11.1. The molecule has 0 saturated heterocycles. The molecule has 0 unspecified atom stereocenters. The van der Waals surface area contributed by atoms with Crippen molar-refractivity contribution in [2.75, 3.05) is 0 Å². The first kappa shape index (κ1) is 14.3. The van der Waals surface area contributed by atoms with Crippen LogP contribution in [0.15, 0.2) is 52.7 Å². The highest BCUT2D eigenvalue weighted by Gasteiger charge is 2.12. The lowest BCUT2D eigenvalue weighted by molar-refractivity contribution is -0.384. The Morgan fingerprint density at radius 2 is 1.81 bits per heavy atom. The fourth-order valence-corrected chi connectivity index (χ4v) is 1.63. The average Bonchev–Trinajstić information content (AvgIpc) is 2.46. The van der Waals surface area contributed by atoms with Gasteiger partial charge in [-0.1, -0.05) is 12.1 Å². The second-order valence-corrected chi connectivity index (χ2v) is 4.21. The summed E-state index contributed by atoms with van der Waals surface area (Å²) in [5, 5.41) is 28.1. The molecule has 0 spiro atoms. The normalized spacial score (nSPS) is 10.7. The predicted molar refractivity (Wildman–Crippen MR) is 75.4 cm³/mol. The first-order valence-electron chi connectivity index (χ1n) is 5.98. The Kier molecular flexibility index (Phi) is 4.03. The molecule has 0 aromatic heterocycles. The van der Waals surface area contributed by atoms with Crippen LogP contribution in [-0.2, 0) is 0 Å². The SMILES string of the molecule is CC(=O)c1ccc(O)c(/N=N/c2ccccc2[N+](=O)[O-])c1. The number of carbonyl (C=O) groups excluding carboxylic acids is 1. The molecule has 106 valence electrons. The van der Waals surface area contributed by atoms with Crippen molar-refractivity contribution in [3.63, 3.8) is 0 Å². The Hall–Kier alpha value is -3.09. The standard InChI is InChI=1S/C14H11N3O4/c1-9(18)10-6-7-14(19)12(8-10)16-15-11-4-2-3-5-13(11)17(20)21/h2-8,19H,1H3/b16-15+. The number of ketones is 1. The van der Waals surface area contributed by atoms with Gasteiger partial charge in [0, 0.05) is 11.6 Å². The van der Waals surface area contributed by atoms with E-state index in [2.05, 4.69) is 10.2 Å². The molecule has 7 nitrogen and oxygen atoms in total. The molecule has 0 aliphatic heterocycles. The fourth-order valence-electron chi connectivity index (χ4n) is 1.63. The highest BCUT2D eigenvalue weighted by Crippen LogP contribution is 2.32. The number of nitro groups is 1. The van der Waals surface area contributed by atoms with Gasteiger partial charge in [-0.3, -0.25) is 14.9 Å². The Bertz CT molecular complexity index is 741. The van der Waals surface area contributed by atoms with Gasteiger partial charge in [0.1, 0.15) is 11.4 Å². The molecule has 21 heavy (non-hydrogen) atoms. The summed E-state index contributed by atoms with van der Waals surface area (Å²) in [6.07, 6.45) is 0. The molecule has 0 saturated carbocycles. The minimum absolute atomic E-state index is 0.0649. The maximum absolute atomic E-state index is 11.3. The first-order chi connectivity index (χ1) is 9.99. The highest BCUT2D eigenvalue weighted by atomic mass is 16.6. The molecule has 2 rings (SSSR count). The Morgan fingerprint density at radius 3 is 2.48 bits per heavy atom. The van der Waals surface area contributed by atoms with Crippen LogP contribution < -0.4 is 0 Å². The first-order valence-corrected chi connectivity index (χ1v) is 5.98. The third-order valence-corrected chi connectivity index (χ3v) is 2.73. The average molecular weight is 285 g/mol. The van der Waals surface area contributed by atoms with Gasteiger partial charge in [0.15, 0.2) is 11.5 Å². The highest BCUT2D eigenvalue weighted by molar-refractivity contribution is 5.95. The number of phenolic OH excluding ortho intramolecular Hbond substituents is 1. The molecular formula is C14H11N3O4. The molecule has 0 fully saturated rings. The molecule has 0 radical (unpaired) electrons. The number of aromatic hydroxyl groups is 1. The zero-order chi connectivity index (χ0) is 15.4. The Labute approximate surface area is 119 Å². The van der Waals surface area contributed by atoms with Crippen molar-refractivity contribution in [2.24, 2.45) is 10.2 Å². The lowest BCUT2D eigenvalue weighted by Crippen LogP contribution is -1.90. The molecule has 0 heterocycles. The van der Waals surface area contributed by atoms with Gasteiger partial charge in [0.25, 0.3) is 5.69 Å². The van der Waals surface area contributed by atoms with Gasteiger partial charge in [-0.25, -0.2) is 0 Å². The van der Waals surface area contributed by atoms with Crippen molar-refractivity contribution in [2.45, 2.75) is 6.92 Å². The minimum atomic E-state index is -0.569. The van der Waals surface area contributed by atoms with E-state index in [0.29, 0.717) is 5.56 Å². The van der Waals surface area contributed by atoms with E-state index in [1.807, 2.05) is 0 Å². The number of benzene rings is 2. The van der Waals surface area contributed by atoms with E-state index in [0.717, 1.165) is 0 Å². The third kappa shape index (κ3) is 3.27. The predicted octanol–water partition coefficient (Wildman–Crippen LogP) is 3.92. The van der Waals surface area contributed by atoms with E-state index in [4.69, 9.17) is 0 Å². The Morgan fingerprint density at radius 1 is 1.14 bits per heavy atom. The molecule has 2 aromatic rings. The lowest BCUT2D eigenvalue weighted by atomic mass is 10.1. The molecular weight excluding hydrogens is 274 g/mol. The summed E-state index contributed by atoms with van der Waals surface area (Å²) in [7, 11) is 0. The van der Waals surface area contributed by atoms with Crippen LogP contribution in [-0.4, -0.2) is 15.8 Å². The van der Waals surface area contributed by atoms with Crippen LogP contribution in [0.3, 0.4) is 0 Å². The van der Waals surface area contributed by atoms with Crippen LogP contribution in [0.2, 0.25) is 0 Å². The number of nitro benzene ring substituents is 1. The van der Waals surface area contributed by atoms with E-state index in [1.54, 1.807) is 6.07 Å². The second-order valence-electron chi connectivity index (χ2n) is 4.21. The largest absolute Gasteiger partial charge is 0.506 e. The van der Waals surface area contributed by atoms with Crippen LogP contribution in [0.4, 0.5) is 17.1 Å². The summed E-state index contributed by atoms with van der Waals surface area (Å²) >= 11 is 0. The molecule has 7 heteroatoms. The topological polar surface area (TPSA) is 105 Å². The molecule has 0 aliphatic rings. The van der Waals surface area contributed by atoms with Gasteiger partial charge < -0.3 is 5.11 Å². The molecule has 2 aromatic carbocycles. The molecule has 0 amide bonds. The summed E-state index contributed by atoms with van der Waals surface area (Å²) in [5.74, 6) is -0.348. The second kappa shape index (κ2) is 5.91. The van der Waals surface area contributed by atoms with Crippen LogP contribution in [0.25, 0.3) is 0 Å². The van der Waals surface area contributed by atoms with E-state index >= 15 is 0 Å². The van der Waals surface area contributed by atoms with Gasteiger partial charge >= 0.3 is 0 Å². The van der Waals surface area contributed by atoms with Crippen molar-refractivity contribution >= 4 is 22.8 Å². The van der Waals surface area contributed by atoms with Crippen molar-refractivity contribution in [1.82, 2.24) is 0 Å². The number of hydrogen-bond acceptors (Lipinski definition) is 6. The number of Topliss-reactive ketones (excluding diaryl/α,β-unsaturated/α-hetero) is 1. The molecule has 1 N–H and O–H groups in total. The van der Waals surface area contributed by atoms with E-state index in [9.17, 15) is 20.0 Å². The van der Waals surface area contributed by atoms with E-state index in [-0.39, 0.29) is 28.6 Å². The number of azo groups is 1. The van der Waals surface area contributed by atoms with Crippen molar-refractivity contribution in [3.8, 4) is 5.75 Å². The van der Waals surface area contributed by atoms with Crippen LogP contribution in [0, 0.1) is 10.1 Å². The van der Waals surface area contributed by atoms with Crippen molar-refractivity contribution in [3.05, 3.63) is 58.1 Å². The van der Waals surface area contributed by atoms with Gasteiger partial charge in [-0.05, 0) is 31.2 Å². The number of phenols is 1.